The molecule has 0 saturated carbocycles. The minimum atomic E-state index is 0.390. The fraction of sp³-hybridized carbons (Fsp3) is 0.533. The molecule has 0 aliphatic carbocycles. The lowest BCUT2D eigenvalue weighted by Gasteiger charge is -2.12. The Kier molecular flexibility index (Phi) is 5.31. The molecule has 6 heteroatoms. The van der Waals surface area contributed by atoms with Crippen LogP contribution in [-0.4, -0.2) is 49.3 Å². The van der Waals surface area contributed by atoms with Crippen LogP contribution in [0.25, 0.3) is 11.0 Å². The van der Waals surface area contributed by atoms with E-state index in [1.165, 1.54) is 0 Å². The Hall–Kier alpha value is -1.46. The molecule has 1 aromatic heterocycles. The van der Waals surface area contributed by atoms with Crippen molar-refractivity contribution in [1.82, 2.24) is 14.5 Å². The van der Waals surface area contributed by atoms with Gasteiger partial charge in [0.1, 0.15) is 5.82 Å². The third-order valence-electron chi connectivity index (χ3n) is 3.44. The first kappa shape index (κ1) is 15.9. The highest BCUT2D eigenvalue weighted by atomic mass is 35.5. The molecule has 0 saturated heterocycles. The topological polar surface area (TPSA) is 39.5 Å². The summed E-state index contributed by atoms with van der Waals surface area (Å²) < 4.78 is 12.9. The number of hydrogen-bond acceptors (Lipinski definition) is 4. The number of benzene rings is 1. The van der Waals surface area contributed by atoms with E-state index in [2.05, 4.69) is 28.5 Å². The van der Waals surface area contributed by atoms with Crippen molar-refractivity contribution < 1.29 is 9.47 Å². The van der Waals surface area contributed by atoms with Gasteiger partial charge in [0.15, 0.2) is 11.5 Å². The minimum Gasteiger partial charge on any atom is -0.493 e. The van der Waals surface area contributed by atoms with Crippen molar-refractivity contribution in [1.29, 1.82) is 0 Å². The first-order chi connectivity index (χ1) is 10.1. The van der Waals surface area contributed by atoms with E-state index in [1.807, 2.05) is 12.1 Å². The van der Waals surface area contributed by atoms with Gasteiger partial charge in [-0.2, -0.15) is 0 Å². The third kappa shape index (κ3) is 3.41. The maximum atomic E-state index is 6.04. The molecule has 1 aromatic carbocycles. The summed E-state index contributed by atoms with van der Waals surface area (Å²) in [6, 6.07) is 3.86. The summed E-state index contributed by atoms with van der Waals surface area (Å²) in [4.78, 5) is 6.76. The van der Waals surface area contributed by atoms with Gasteiger partial charge in [0, 0.05) is 18.7 Å². The maximum absolute atomic E-state index is 6.04. The molecule has 1 heterocycles. The summed E-state index contributed by atoms with van der Waals surface area (Å²) in [5, 5.41) is 0. The molecular weight excluding hydrogens is 290 g/mol. The second-order valence-electron chi connectivity index (χ2n) is 5.17. The number of nitrogens with zero attached hydrogens (tertiary/aromatic N) is 3. The van der Waals surface area contributed by atoms with Crippen LogP contribution in [0, 0.1) is 0 Å². The molecule has 0 atom stereocenters. The summed E-state index contributed by atoms with van der Waals surface area (Å²) >= 11 is 6.04. The zero-order valence-electron chi connectivity index (χ0n) is 13.0. The molecule has 0 unspecified atom stereocenters. The van der Waals surface area contributed by atoms with E-state index in [9.17, 15) is 0 Å². The Labute approximate surface area is 130 Å². The SMILES string of the molecule is COc1cc2nc(CCl)n(CCCN(C)C)c2cc1OC. The smallest absolute Gasteiger partial charge is 0.163 e. The van der Waals surface area contributed by atoms with Crippen LogP contribution in [-0.2, 0) is 12.4 Å². The first-order valence-electron chi connectivity index (χ1n) is 6.92. The lowest BCUT2D eigenvalue weighted by Crippen LogP contribution is -2.15. The number of imidazole rings is 1. The highest BCUT2D eigenvalue weighted by Gasteiger charge is 2.14. The molecule has 0 aliphatic rings. The van der Waals surface area contributed by atoms with E-state index in [1.54, 1.807) is 14.2 Å². The third-order valence-corrected chi connectivity index (χ3v) is 3.68. The number of rotatable bonds is 7. The largest absolute Gasteiger partial charge is 0.493 e. The van der Waals surface area contributed by atoms with E-state index in [-0.39, 0.29) is 0 Å². The highest BCUT2D eigenvalue weighted by Crippen LogP contribution is 2.32. The molecule has 116 valence electrons. The molecule has 5 nitrogen and oxygen atoms in total. The number of methoxy groups -OCH3 is 2. The molecule has 21 heavy (non-hydrogen) atoms. The molecule has 0 amide bonds. The Morgan fingerprint density at radius 3 is 2.43 bits per heavy atom. The molecule has 0 bridgehead atoms. The Bertz CT molecular complexity index is 610. The van der Waals surface area contributed by atoms with E-state index in [0.717, 1.165) is 36.4 Å². The zero-order valence-corrected chi connectivity index (χ0v) is 13.8. The number of alkyl halides is 1. The van der Waals surface area contributed by atoms with Gasteiger partial charge in [-0.25, -0.2) is 4.98 Å². The molecule has 0 fully saturated rings. The minimum absolute atomic E-state index is 0.390. The van der Waals surface area contributed by atoms with Gasteiger partial charge in [-0.1, -0.05) is 0 Å². The van der Waals surface area contributed by atoms with Crippen LogP contribution < -0.4 is 9.47 Å². The van der Waals surface area contributed by atoms with Crippen LogP contribution in [0.5, 0.6) is 11.5 Å². The van der Waals surface area contributed by atoms with Crippen molar-refractivity contribution in [3.8, 4) is 11.5 Å². The number of halogens is 1. The van der Waals surface area contributed by atoms with Gasteiger partial charge in [-0.3, -0.25) is 0 Å². The van der Waals surface area contributed by atoms with Gasteiger partial charge in [0.25, 0.3) is 0 Å². The Morgan fingerprint density at radius 2 is 1.86 bits per heavy atom. The molecule has 0 N–H and O–H groups in total. The van der Waals surface area contributed by atoms with Crippen LogP contribution in [0.3, 0.4) is 0 Å². The lowest BCUT2D eigenvalue weighted by molar-refractivity contribution is 0.355. The normalized spacial score (nSPS) is 11.3. The van der Waals surface area contributed by atoms with Gasteiger partial charge < -0.3 is 18.9 Å². The monoisotopic (exact) mass is 311 g/mol. The standard InChI is InChI=1S/C15H22ClN3O2/c1-18(2)6-5-7-19-12-9-14(21-4)13(20-3)8-11(12)17-15(19)10-16/h8-9H,5-7,10H2,1-4H3. The molecule has 0 spiro atoms. The van der Waals surface area contributed by atoms with E-state index < -0.39 is 0 Å². The predicted octanol–water partition coefficient (Wildman–Crippen LogP) is 2.74. The average molecular weight is 312 g/mol. The van der Waals surface area contributed by atoms with Gasteiger partial charge in [0.2, 0.25) is 0 Å². The van der Waals surface area contributed by atoms with E-state index in [0.29, 0.717) is 17.4 Å². The number of ether oxygens (including phenoxy) is 2. The highest BCUT2D eigenvalue weighted by molar-refractivity contribution is 6.16. The van der Waals surface area contributed by atoms with Gasteiger partial charge in [0.05, 0.1) is 31.1 Å². The van der Waals surface area contributed by atoms with Crippen molar-refractivity contribution >= 4 is 22.6 Å². The first-order valence-corrected chi connectivity index (χ1v) is 7.46. The van der Waals surface area contributed by atoms with E-state index >= 15 is 0 Å². The zero-order chi connectivity index (χ0) is 15.4. The summed E-state index contributed by atoms with van der Waals surface area (Å²) in [6.07, 6.45) is 1.04. The van der Waals surface area contributed by atoms with Crippen LogP contribution in [0.1, 0.15) is 12.2 Å². The molecule has 2 rings (SSSR count). The van der Waals surface area contributed by atoms with Crippen LogP contribution >= 0.6 is 11.6 Å². The van der Waals surface area contributed by atoms with Gasteiger partial charge in [-0.15, -0.1) is 11.6 Å². The number of aromatic nitrogens is 2. The number of hydrogen-bond donors (Lipinski definition) is 0. The van der Waals surface area contributed by atoms with Crippen molar-refractivity contribution in [3.63, 3.8) is 0 Å². The van der Waals surface area contributed by atoms with Crippen LogP contribution in [0.4, 0.5) is 0 Å². The molecular formula is C15H22ClN3O2. The molecule has 0 aliphatic heterocycles. The van der Waals surface area contributed by atoms with Crippen LogP contribution in [0.2, 0.25) is 0 Å². The fourth-order valence-corrected chi connectivity index (χ4v) is 2.60. The van der Waals surface area contributed by atoms with Crippen molar-refractivity contribution in [2.24, 2.45) is 0 Å². The summed E-state index contributed by atoms with van der Waals surface area (Å²) in [6.45, 7) is 1.90. The van der Waals surface area contributed by atoms with Crippen molar-refractivity contribution in [2.75, 3.05) is 34.9 Å². The second kappa shape index (κ2) is 7.00. The molecule has 0 radical (unpaired) electrons. The Morgan fingerprint density at radius 1 is 1.19 bits per heavy atom. The maximum Gasteiger partial charge on any atom is 0.163 e. The fourth-order valence-electron chi connectivity index (χ4n) is 2.40. The summed E-state index contributed by atoms with van der Waals surface area (Å²) in [5.41, 5.74) is 1.91. The van der Waals surface area contributed by atoms with Crippen molar-refractivity contribution in [2.45, 2.75) is 18.8 Å². The average Bonchev–Trinajstić information content (AvgIpc) is 2.82. The predicted molar refractivity (Wildman–Crippen MR) is 85.6 cm³/mol. The summed E-state index contributed by atoms with van der Waals surface area (Å²) in [7, 11) is 7.41. The van der Waals surface area contributed by atoms with Gasteiger partial charge in [-0.05, 0) is 27.1 Å². The van der Waals surface area contributed by atoms with Crippen molar-refractivity contribution in [3.05, 3.63) is 18.0 Å². The van der Waals surface area contributed by atoms with Gasteiger partial charge >= 0.3 is 0 Å². The lowest BCUT2D eigenvalue weighted by atomic mass is 10.2. The number of fused-ring (bicyclic) bond motifs is 1. The number of aryl methyl sites for hydroxylation is 1. The second-order valence-corrected chi connectivity index (χ2v) is 5.43. The quantitative estimate of drug-likeness (QED) is 0.737. The summed E-state index contributed by atoms with van der Waals surface area (Å²) in [5.74, 6) is 2.66. The Balaban J connectivity index is 2.41. The molecule has 2 aromatic rings. The van der Waals surface area contributed by atoms with Crippen LogP contribution in [0.15, 0.2) is 12.1 Å². The van der Waals surface area contributed by atoms with E-state index in [4.69, 9.17) is 21.1 Å².